The number of rotatable bonds is 7. The molecule has 1 aliphatic heterocycles. The summed E-state index contributed by atoms with van der Waals surface area (Å²) in [4.78, 5) is 10.8. The van der Waals surface area contributed by atoms with Crippen molar-refractivity contribution in [1.29, 1.82) is 0 Å². The second kappa shape index (κ2) is 10.4. The minimum atomic E-state index is -5.03. The largest absolute Gasteiger partial charge is 0.493 e. The Kier molecular flexibility index (Phi) is 7.46. The Hall–Kier alpha value is -3.25. The first-order chi connectivity index (χ1) is 17.0. The number of alkyl halides is 3. The first kappa shape index (κ1) is 25.8. The molecule has 1 aliphatic rings. The topological polar surface area (TPSA) is 68.7 Å². The number of nitrogens with zero attached hydrogens (tertiary/aromatic N) is 3. The SMILES string of the molecule is COc1cc2nc(C)nc(NCc3cc(F)cc(C(F)(F)F)c3F)c2cc1OC[C@@H]1CN(C)CCO1. The number of benzene rings is 2. The third kappa shape index (κ3) is 5.76. The van der Waals surface area contributed by atoms with Gasteiger partial charge in [0, 0.05) is 36.7 Å². The number of morpholine rings is 1. The molecular formula is C24H25F5N4O3. The zero-order valence-corrected chi connectivity index (χ0v) is 19.9. The number of hydrogen-bond acceptors (Lipinski definition) is 7. The van der Waals surface area contributed by atoms with E-state index < -0.39 is 35.5 Å². The first-order valence-electron chi connectivity index (χ1n) is 11.1. The number of halogens is 5. The number of ether oxygens (including phenoxy) is 3. The monoisotopic (exact) mass is 512 g/mol. The van der Waals surface area contributed by atoms with Gasteiger partial charge in [-0.2, -0.15) is 13.2 Å². The van der Waals surface area contributed by atoms with Crippen LogP contribution in [0.2, 0.25) is 0 Å². The summed E-state index contributed by atoms with van der Waals surface area (Å²) in [6.45, 7) is 3.57. The molecule has 3 aromatic rings. The first-order valence-corrected chi connectivity index (χ1v) is 11.1. The molecule has 1 saturated heterocycles. The molecule has 1 aromatic heterocycles. The van der Waals surface area contributed by atoms with Crippen molar-refractivity contribution in [2.45, 2.75) is 25.7 Å². The normalized spacial score (nSPS) is 16.8. The molecule has 1 fully saturated rings. The Morgan fingerprint density at radius 3 is 2.61 bits per heavy atom. The lowest BCUT2D eigenvalue weighted by Crippen LogP contribution is -2.42. The van der Waals surface area contributed by atoms with Crippen molar-refractivity contribution in [3.8, 4) is 11.5 Å². The van der Waals surface area contributed by atoms with Crippen molar-refractivity contribution in [2.24, 2.45) is 0 Å². The summed E-state index contributed by atoms with van der Waals surface area (Å²) < 4.78 is 84.7. The minimum Gasteiger partial charge on any atom is -0.493 e. The van der Waals surface area contributed by atoms with Gasteiger partial charge >= 0.3 is 6.18 Å². The van der Waals surface area contributed by atoms with Crippen LogP contribution in [0.4, 0.5) is 27.8 Å². The maximum atomic E-state index is 14.5. The third-order valence-corrected chi connectivity index (χ3v) is 5.72. The molecule has 0 radical (unpaired) electrons. The summed E-state index contributed by atoms with van der Waals surface area (Å²) in [5.41, 5.74) is -1.69. The van der Waals surface area contributed by atoms with Crippen LogP contribution in [0, 0.1) is 18.6 Å². The fraction of sp³-hybridized carbons (Fsp3) is 0.417. The Balaban J connectivity index is 1.63. The highest BCUT2D eigenvalue weighted by molar-refractivity contribution is 5.91. The Morgan fingerprint density at radius 2 is 1.92 bits per heavy atom. The van der Waals surface area contributed by atoms with Gasteiger partial charge in [0.05, 0.1) is 24.8 Å². The molecule has 2 aromatic carbocycles. The summed E-state index contributed by atoms with van der Waals surface area (Å²) >= 11 is 0. The van der Waals surface area contributed by atoms with E-state index in [0.717, 1.165) is 6.54 Å². The summed E-state index contributed by atoms with van der Waals surface area (Å²) in [5.74, 6) is -1.36. The highest BCUT2D eigenvalue weighted by Gasteiger charge is 2.35. The zero-order chi connectivity index (χ0) is 26.0. The lowest BCUT2D eigenvalue weighted by Gasteiger charge is -2.30. The van der Waals surface area contributed by atoms with Crippen molar-refractivity contribution in [3.63, 3.8) is 0 Å². The molecular weight excluding hydrogens is 487 g/mol. The number of hydrogen-bond donors (Lipinski definition) is 1. The molecule has 1 N–H and O–H groups in total. The fourth-order valence-corrected chi connectivity index (χ4v) is 3.97. The van der Waals surface area contributed by atoms with Crippen LogP contribution in [0.15, 0.2) is 24.3 Å². The molecule has 0 spiro atoms. The van der Waals surface area contributed by atoms with Gasteiger partial charge in [-0.15, -0.1) is 0 Å². The van der Waals surface area contributed by atoms with Gasteiger partial charge in [-0.1, -0.05) is 0 Å². The van der Waals surface area contributed by atoms with Crippen LogP contribution >= 0.6 is 0 Å². The average Bonchev–Trinajstić information content (AvgIpc) is 2.81. The molecule has 0 aliphatic carbocycles. The van der Waals surface area contributed by atoms with Gasteiger partial charge in [0.15, 0.2) is 11.5 Å². The fourth-order valence-electron chi connectivity index (χ4n) is 3.97. The van der Waals surface area contributed by atoms with Crippen molar-refractivity contribution in [1.82, 2.24) is 14.9 Å². The maximum Gasteiger partial charge on any atom is 0.419 e. The smallest absolute Gasteiger partial charge is 0.419 e. The molecule has 4 rings (SSSR count). The van der Waals surface area contributed by atoms with Crippen molar-refractivity contribution in [3.05, 3.63) is 52.9 Å². The average molecular weight is 512 g/mol. The molecule has 36 heavy (non-hydrogen) atoms. The standard InChI is InChI=1S/C24H25F5N4O3/c1-13-31-19-9-20(34-3)21(36-12-16-11-33(2)4-5-35-16)8-17(19)23(32-13)30-10-14-6-15(25)7-18(22(14)26)24(27,28)29/h6-9,16H,4-5,10-12H2,1-3H3,(H,30,31,32)/t16-/m0/s1. The Labute approximate surface area is 204 Å². The molecule has 0 bridgehead atoms. The maximum absolute atomic E-state index is 14.5. The van der Waals surface area contributed by atoms with Crippen LogP contribution in [0.5, 0.6) is 11.5 Å². The molecule has 12 heteroatoms. The second-order valence-corrected chi connectivity index (χ2v) is 8.48. The van der Waals surface area contributed by atoms with Gasteiger partial charge in [0.25, 0.3) is 0 Å². The zero-order valence-electron chi connectivity index (χ0n) is 19.9. The molecule has 0 saturated carbocycles. The Bertz CT molecular complexity index is 1250. The lowest BCUT2D eigenvalue weighted by atomic mass is 10.1. The number of anilines is 1. The predicted octanol–water partition coefficient (Wildman–Crippen LogP) is 4.57. The van der Waals surface area contributed by atoms with E-state index >= 15 is 0 Å². The molecule has 1 atom stereocenters. The number of fused-ring (bicyclic) bond motifs is 1. The van der Waals surface area contributed by atoms with Crippen LogP contribution in [0.1, 0.15) is 17.0 Å². The van der Waals surface area contributed by atoms with E-state index in [4.69, 9.17) is 14.2 Å². The molecule has 0 amide bonds. The van der Waals surface area contributed by atoms with E-state index in [1.54, 1.807) is 19.1 Å². The van der Waals surface area contributed by atoms with Gasteiger partial charge in [-0.25, -0.2) is 18.7 Å². The summed E-state index contributed by atoms with van der Waals surface area (Å²) in [6.07, 6.45) is -5.17. The highest BCUT2D eigenvalue weighted by atomic mass is 19.4. The van der Waals surface area contributed by atoms with E-state index in [2.05, 4.69) is 20.2 Å². The van der Waals surface area contributed by atoms with Crippen molar-refractivity contribution >= 4 is 16.7 Å². The predicted molar refractivity (Wildman–Crippen MR) is 122 cm³/mol. The van der Waals surface area contributed by atoms with Gasteiger partial charge in [0.2, 0.25) is 0 Å². The van der Waals surface area contributed by atoms with Crippen molar-refractivity contribution in [2.75, 3.05) is 45.8 Å². The van der Waals surface area contributed by atoms with E-state index in [0.29, 0.717) is 47.4 Å². The number of methoxy groups -OCH3 is 1. The molecule has 194 valence electrons. The lowest BCUT2D eigenvalue weighted by molar-refractivity contribution is -0.140. The summed E-state index contributed by atoms with van der Waals surface area (Å²) in [7, 11) is 3.47. The highest BCUT2D eigenvalue weighted by Crippen LogP contribution is 2.36. The number of aromatic nitrogens is 2. The molecule has 0 unspecified atom stereocenters. The van der Waals surface area contributed by atoms with Crippen LogP contribution in [-0.2, 0) is 17.5 Å². The minimum absolute atomic E-state index is 0.132. The van der Waals surface area contributed by atoms with Gasteiger partial charge in [-0.05, 0) is 32.2 Å². The Morgan fingerprint density at radius 1 is 1.14 bits per heavy atom. The van der Waals surface area contributed by atoms with E-state index in [9.17, 15) is 22.0 Å². The van der Waals surface area contributed by atoms with E-state index in [1.807, 2.05) is 7.05 Å². The van der Waals surface area contributed by atoms with Crippen LogP contribution in [0.3, 0.4) is 0 Å². The number of nitrogens with one attached hydrogen (secondary N) is 1. The quantitative estimate of drug-likeness (QED) is 0.466. The third-order valence-electron chi connectivity index (χ3n) is 5.72. The van der Waals surface area contributed by atoms with E-state index in [1.165, 1.54) is 7.11 Å². The summed E-state index contributed by atoms with van der Waals surface area (Å²) in [5, 5.41) is 3.28. The molecule has 7 nitrogen and oxygen atoms in total. The number of aryl methyl sites for hydroxylation is 1. The van der Waals surface area contributed by atoms with Crippen molar-refractivity contribution < 1.29 is 36.2 Å². The van der Waals surface area contributed by atoms with E-state index in [-0.39, 0.29) is 24.6 Å². The van der Waals surface area contributed by atoms with Crippen LogP contribution in [-0.4, -0.2) is 61.4 Å². The molecule has 2 heterocycles. The second-order valence-electron chi connectivity index (χ2n) is 8.48. The van der Waals surface area contributed by atoms with Gasteiger partial charge < -0.3 is 24.4 Å². The van der Waals surface area contributed by atoms with Gasteiger partial charge in [-0.3, -0.25) is 0 Å². The van der Waals surface area contributed by atoms with Crippen LogP contribution < -0.4 is 14.8 Å². The summed E-state index contributed by atoms with van der Waals surface area (Å²) in [6, 6.07) is 4.12. The van der Waals surface area contributed by atoms with Gasteiger partial charge in [0.1, 0.15) is 36.0 Å². The number of likely N-dealkylation sites (N-methyl/N-ethyl adjacent to an activating group) is 1. The van der Waals surface area contributed by atoms with Crippen LogP contribution in [0.25, 0.3) is 10.9 Å².